The van der Waals surface area contributed by atoms with E-state index in [9.17, 15) is 9.59 Å². The number of carbonyl (C=O) groups excluding carboxylic acids is 2. The second-order valence-corrected chi connectivity index (χ2v) is 4.99. The zero-order chi connectivity index (χ0) is 13.8. The Labute approximate surface area is 108 Å². The van der Waals surface area contributed by atoms with E-state index in [4.69, 9.17) is 4.74 Å². The Morgan fingerprint density at radius 1 is 1.44 bits per heavy atom. The average molecular weight is 254 g/mol. The lowest BCUT2D eigenvalue weighted by molar-refractivity contribution is -0.154. The number of hydrogen-bond acceptors (Lipinski definition) is 4. The molecular formula is C13H22N2O3. The van der Waals surface area contributed by atoms with Crippen LogP contribution in [0.3, 0.4) is 0 Å². The lowest BCUT2D eigenvalue weighted by Crippen LogP contribution is -2.54. The Morgan fingerprint density at radius 3 is 2.61 bits per heavy atom. The smallest absolute Gasteiger partial charge is 0.321 e. The van der Waals surface area contributed by atoms with Gasteiger partial charge in [-0.15, -0.1) is 0 Å². The highest BCUT2D eigenvalue weighted by Gasteiger charge is 2.45. The zero-order valence-electron chi connectivity index (χ0n) is 11.6. The number of hydrogen-bond donors (Lipinski definition) is 1. The van der Waals surface area contributed by atoms with E-state index in [1.54, 1.807) is 20.8 Å². The first-order chi connectivity index (χ1) is 8.42. The average Bonchev–Trinajstić information content (AvgIpc) is 2.24. The molecule has 1 atom stereocenters. The fourth-order valence-electron chi connectivity index (χ4n) is 2.06. The highest BCUT2D eigenvalue weighted by molar-refractivity contribution is 6.09. The molecule has 1 N–H and O–H groups in total. The van der Waals surface area contributed by atoms with E-state index in [0.29, 0.717) is 5.84 Å². The number of aliphatic imine (C=N–C) groups is 1. The standard InChI is InChI=1S/C13H22N2O3/c1-5-7-8-9-14-11(16)10(12(17)18-6-2)13(3,4)15-9/h10H,5-8H2,1-4H3,(H,14,15,16). The van der Waals surface area contributed by atoms with Crippen LogP contribution in [0.5, 0.6) is 0 Å². The molecule has 0 spiro atoms. The molecule has 18 heavy (non-hydrogen) atoms. The summed E-state index contributed by atoms with van der Waals surface area (Å²) in [5.41, 5.74) is -0.738. The molecule has 1 unspecified atom stereocenters. The van der Waals surface area contributed by atoms with E-state index in [1.165, 1.54) is 0 Å². The topological polar surface area (TPSA) is 67.8 Å². The molecule has 1 rings (SSSR count). The molecule has 102 valence electrons. The Kier molecular flexibility index (Phi) is 4.87. The Hall–Kier alpha value is -1.39. The number of esters is 1. The summed E-state index contributed by atoms with van der Waals surface area (Å²) >= 11 is 0. The van der Waals surface area contributed by atoms with Crippen molar-refractivity contribution in [1.29, 1.82) is 0 Å². The Morgan fingerprint density at radius 2 is 2.11 bits per heavy atom. The number of carbonyl (C=O) groups is 2. The molecular weight excluding hydrogens is 232 g/mol. The molecule has 0 saturated heterocycles. The summed E-state index contributed by atoms with van der Waals surface area (Å²) < 4.78 is 4.93. The summed E-state index contributed by atoms with van der Waals surface area (Å²) in [5.74, 6) is -0.993. The van der Waals surface area contributed by atoms with E-state index in [2.05, 4.69) is 17.2 Å². The summed E-state index contributed by atoms with van der Waals surface area (Å²) in [4.78, 5) is 28.3. The molecule has 0 fully saturated rings. The highest BCUT2D eigenvalue weighted by Crippen LogP contribution is 2.27. The van der Waals surface area contributed by atoms with Crippen molar-refractivity contribution < 1.29 is 14.3 Å². The first-order valence-corrected chi connectivity index (χ1v) is 6.48. The van der Waals surface area contributed by atoms with Crippen molar-refractivity contribution in [3.63, 3.8) is 0 Å². The summed E-state index contributed by atoms with van der Waals surface area (Å²) in [6.07, 6.45) is 2.75. The number of rotatable bonds is 5. The van der Waals surface area contributed by atoms with Gasteiger partial charge in [-0.05, 0) is 27.2 Å². The number of unbranched alkanes of at least 4 members (excludes halogenated alkanes) is 1. The van der Waals surface area contributed by atoms with Gasteiger partial charge in [0.05, 0.1) is 12.1 Å². The fourth-order valence-corrected chi connectivity index (χ4v) is 2.06. The van der Waals surface area contributed by atoms with Gasteiger partial charge in [0, 0.05) is 6.42 Å². The first kappa shape index (κ1) is 14.7. The molecule has 1 amide bonds. The number of ether oxygens (including phenoxy) is 1. The molecule has 0 aromatic carbocycles. The minimum Gasteiger partial charge on any atom is -0.465 e. The van der Waals surface area contributed by atoms with Crippen LogP contribution in [0, 0.1) is 5.92 Å². The SMILES string of the molecule is CCCCC1=NC(C)(C)C(C(=O)OCC)C(=O)N1. The second-order valence-electron chi connectivity index (χ2n) is 4.99. The van der Waals surface area contributed by atoms with E-state index in [-0.39, 0.29) is 12.5 Å². The number of nitrogens with one attached hydrogen (secondary N) is 1. The van der Waals surface area contributed by atoms with Gasteiger partial charge in [-0.3, -0.25) is 14.6 Å². The number of nitrogens with zero attached hydrogens (tertiary/aromatic N) is 1. The maximum absolute atomic E-state index is 12.0. The summed E-state index contributed by atoms with van der Waals surface area (Å²) in [5, 5.41) is 2.71. The van der Waals surface area contributed by atoms with Crippen LogP contribution in [-0.4, -0.2) is 29.9 Å². The van der Waals surface area contributed by atoms with Crippen LogP contribution in [0.2, 0.25) is 0 Å². The van der Waals surface area contributed by atoms with E-state index in [1.807, 2.05) is 0 Å². The molecule has 1 aliphatic heterocycles. The molecule has 5 nitrogen and oxygen atoms in total. The molecule has 0 aliphatic carbocycles. The normalized spacial score (nSPS) is 22.1. The van der Waals surface area contributed by atoms with Crippen molar-refractivity contribution in [2.24, 2.45) is 10.9 Å². The van der Waals surface area contributed by atoms with Gasteiger partial charge in [0.15, 0.2) is 5.92 Å². The first-order valence-electron chi connectivity index (χ1n) is 6.48. The molecule has 0 saturated carbocycles. The lowest BCUT2D eigenvalue weighted by atomic mass is 9.85. The van der Waals surface area contributed by atoms with Crippen LogP contribution in [0.25, 0.3) is 0 Å². The Bertz CT molecular complexity index is 361. The van der Waals surface area contributed by atoms with E-state index in [0.717, 1.165) is 19.3 Å². The summed E-state index contributed by atoms with van der Waals surface area (Å²) in [7, 11) is 0. The van der Waals surface area contributed by atoms with Gasteiger partial charge in [0.25, 0.3) is 0 Å². The van der Waals surface area contributed by atoms with Gasteiger partial charge < -0.3 is 10.1 Å². The largest absolute Gasteiger partial charge is 0.465 e. The van der Waals surface area contributed by atoms with Crippen LogP contribution in [0.4, 0.5) is 0 Å². The van der Waals surface area contributed by atoms with E-state index < -0.39 is 17.4 Å². The van der Waals surface area contributed by atoms with Crippen molar-refractivity contribution in [3.8, 4) is 0 Å². The fraction of sp³-hybridized carbons (Fsp3) is 0.769. The van der Waals surface area contributed by atoms with Crippen LogP contribution in [0.15, 0.2) is 4.99 Å². The minimum absolute atomic E-state index is 0.269. The quantitative estimate of drug-likeness (QED) is 0.599. The van der Waals surface area contributed by atoms with E-state index >= 15 is 0 Å². The van der Waals surface area contributed by atoms with Gasteiger partial charge in [0.1, 0.15) is 5.84 Å². The third-order valence-electron chi connectivity index (χ3n) is 2.95. The molecule has 0 aromatic heterocycles. The number of amidine groups is 1. The maximum Gasteiger partial charge on any atom is 0.321 e. The molecule has 1 heterocycles. The second kappa shape index (κ2) is 5.98. The Balaban J connectivity index is 2.87. The van der Waals surface area contributed by atoms with Crippen molar-refractivity contribution in [3.05, 3.63) is 0 Å². The summed E-state index contributed by atoms with van der Waals surface area (Å²) in [6, 6.07) is 0. The molecule has 0 bridgehead atoms. The van der Waals surface area contributed by atoms with Gasteiger partial charge >= 0.3 is 5.97 Å². The highest BCUT2D eigenvalue weighted by atomic mass is 16.5. The number of amides is 1. The van der Waals surface area contributed by atoms with Crippen molar-refractivity contribution >= 4 is 17.7 Å². The zero-order valence-corrected chi connectivity index (χ0v) is 11.6. The molecule has 5 heteroatoms. The van der Waals surface area contributed by atoms with Crippen molar-refractivity contribution in [2.45, 2.75) is 52.5 Å². The predicted octanol–water partition coefficient (Wildman–Crippen LogP) is 1.66. The molecule has 1 aliphatic rings. The lowest BCUT2D eigenvalue weighted by Gasteiger charge is -2.33. The van der Waals surface area contributed by atoms with Gasteiger partial charge in [-0.25, -0.2) is 0 Å². The van der Waals surface area contributed by atoms with Crippen molar-refractivity contribution in [1.82, 2.24) is 5.32 Å². The van der Waals surface area contributed by atoms with Gasteiger partial charge in [-0.2, -0.15) is 0 Å². The van der Waals surface area contributed by atoms with Crippen LogP contribution in [-0.2, 0) is 14.3 Å². The molecule has 0 radical (unpaired) electrons. The van der Waals surface area contributed by atoms with Crippen LogP contribution >= 0.6 is 0 Å². The van der Waals surface area contributed by atoms with Gasteiger partial charge in [0.2, 0.25) is 5.91 Å². The van der Waals surface area contributed by atoms with Crippen molar-refractivity contribution in [2.75, 3.05) is 6.61 Å². The molecule has 0 aromatic rings. The third-order valence-corrected chi connectivity index (χ3v) is 2.95. The van der Waals surface area contributed by atoms with Gasteiger partial charge in [-0.1, -0.05) is 13.3 Å². The predicted molar refractivity (Wildman–Crippen MR) is 69.3 cm³/mol. The summed E-state index contributed by atoms with van der Waals surface area (Å²) in [6.45, 7) is 7.66. The maximum atomic E-state index is 12.0. The van der Waals surface area contributed by atoms with Crippen LogP contribution in [0.1, 0.15) is 47.0 Å². The third kappa shape index (κ3) is 3.31. The monoisotopic (exact) mass is 254 g/mol. The minimum atomic E-state index is -0.858. The van der Waals surface area contributed by atoms with Crippen LogP contribution < -0.4 is 5.32 Å².